The number of rotatable bonds is 6. The summed E-state index contributed by atoms with van der Waals surface area (Å²) in [6.07, 6.45) is 11.4. The normalized spacial score (nSPS) is 28.6. The molecule has 1 amide bonds. The van der Waals surface area contributed by atoms with Crippen LogP contribution >= 0.6 is 0 Å². The number of amides is 1. The number of nitrogens with zero attached hydrogens (tertiary/aromatic N) is 1. The molecule has 146 valence electrons. The lowest BCUT2D eigenvalue weighted by atomic mass is 9.83. The Bertz CT molecular complexity index is 405. The van der Waals surface area contributed by atoms with E-state index >= 15 is 0 Å². The minimum atomic E-state index is -0.423. The average Bonchev–Trinajstić information content (AvgIpc) is 2.53. The van der Waals surface area contributed by atoms with Crippen molar-refractivity contribution in [1.82, 2.24) is 10.2 Å². The van der Waals surface area contributed by atoms with Gasteiger partial charge in [-0.05, 0) is 71.3 Å². The Morgan fingerprint density at radius 1 is 1.16 bits per heavy atom. The predicted octanol–water partition coefficient (Wildman–Crippen LogP) is 4.97. The Kier molecular flexibility index (Phi) is 8.05. The topological polar surface area (TPSA) is 41.6 Å². The number of alkyl carbamates (subject to hydrolysis) is 1. The molecule has 3 atom stereocenters. The molecule has 2 rings (SSSR count). The van der Waals surface area contributed by atoms with Crippen LogP contribution in [0.2, 0.25) is 0 Å². The Hall–Kier alpha value is -0.770. The number of likely N-dealkylation sites (tertiary alicyclic amines) is 1. The van der Waals surface area contributed by atoms with Crippen molar-refractivity contribution < 1.29 is 9.53 Å². The van der Waals surface area contributed by atoms with Gasteiger partial charge in [0.15, 0.2) is 0 Å². The monoisotopic (exact) mass is 352 g/mol. The maximum atomic E-state index is 12.2. The van der Waals surface area contributed by atoms with Crippen LogP contribution in [0.1, 0.15) is 85.5 Å². The molecule has 4 heteroatoms. The van der Waals surface area contributed by atoms with Crippen molar-refractivity contribution in [1.29, 1.82) is 0 Å². The van der Waals surface area contributed by atoms with Gasteiger partial charge in [-0.3, -0.25) is 0 Å². The Balaban J connectivity index is 1.84. The summed E-state index contributed by atoms with van der Waals surface area (Å²) < 4.78 is 5.48. The van der Waals surface area contributed by atoms with E-state index in [1.165, 1.54) is 64.5 Å². The van der Waals surface area contributed by atoms with Gasteiger partial charge in [-0.2, -0.15) is 0 Å². The Morgan fingerprint density at radius 2 is 1.92 bits per heavy atom. The second-order valence-corrected chi connectivity index (χ2v) is 9.21. The van der Waals surface area contributed by atoms with Crippen LogP contribution in [-0.4, -0.2) is 42.3 Å². The fraction of sp³-hybridized carbons (Fsp3) is 0.952. The van der Waals surface area contributed by atoms with E-state index in [-0.39, 0.29) is 12.1 Å². The van der Waals surface area contributed by atoms with E-state index in [0.29, 0.717) is 5.92 Å². The highest BCUT2D eigenvalue weighted by atomic mass is 16.6. The number of piperidine rings is 1. The summed E-state index contributed by atoms with van der Waals surface area (Å²) >= 11 is 0. The minimum absolute atomic E-state index is 0.246. The SMILES string of the molecule is CCCCC1CCCN(CC2CCCCC2NC(=O)OC(C)(C)C)C1. The summed E-state index contributed by atoms with van der Waals surface area (Å²) in [7, 11) is 0. The van der Waals surface area contributed by atoms with E-state index in [2.05, 4.69) is 17.1 Å². The smallest absolute Gasteiger partial charge is 0.407 e. The second-order valence-electron chi connectivity index (χ2n) is 9.21. The molecule has 25 heavy (non-hydrogen) atoms. The third-order valence-corrected chi connectivity index (χ3v) is 5.67. The second kappa shape index (κ2) is 9.80. The number of unbranched alkanes of at least 4 members (excludes halogenated alkanes) is 1. The summed E-state index contributed by atoms with van der Waals surface area (Å²) in [4.78, 5) is 14.9. The molecule has 1 saturated carbocycles. The average molecular weight is 353 g/mol. The highest BCUT2D eigenvalue weighted by Crippen LogP contribution is 2.28. The molecule has 0 spiro atoms. The molecule has 1 N–H and O–H groups in total. The summed E-state index contributed by atoms with van der Waals surface area (Å²) in [5.74, 6) is 1.46. The Labute approximate surface area is 155 Å². The van der Waals surface area contributed by atoms with Crippen molar-refractivity contribution in [3.8, 4) is 0 Å². The maximum Gasteiger partial charge on any atom is 0.407 e. The van der Waals surface area contributed by atoms with Gasteiger partial charge in [-0.25, -0.2) is 4.79 Å². The van der Waals surface area contributed by atoms with Crippen LogP contribution in [-0.2, 0) is 4.74 Å². The molecule has 1 heterocycles. The number of carbonyl (C=O) groups is 1. The summed E-state index contributed by atoms with van der Waals surface area (Å²) in [5.41, 5.74) is -0.423. The van der Waals surface area contributed by atoms with Crippen LogP contribution in [0.3, 0.4) is 0 Å². The van der Waals surface area contributed by atoms with Crippen molar-refractivity contribution in [3.63, 3.8) is 0 Å². The van der Waals surface area contributed by atoms with Crippen molar-refractivity contribution in [3.05, 3.63) is 0 Å². The predicted molar refractivity (Wildman–Crippen MR) is 104 cm³/mol. The van der Waals surface area contributed by atoms with E-state index in [9.17, 15) is 4.79 Å². The molecule has 0 bridgehead atoms. The van der Waals surface area contributed by atoms with Crippen LogP contribution in [0.15, 0.2) is 0 Å². The fourth-order valence-corrected chi connectivity index (χ4v) is 4.45. The zero-order valence-electron chi connectivity index (χ0n) is 17.0. The largest absolute Gasteiger partial charge is 0.444 e. The van der Waals surface area contributed by atoms with E-state index in [1.54, 1.807) is 0 Å². The molecule has 1 saturated heterocycles. The van der Waals surface area contributed by atoms with Crippen molar-refractivity contribution in [2.24, 2.45) is 11.8 Å². The van der Waals surface area contributed by atoms with E-state index in [1.807, 2.05) is 20.8 Å². The molecule has 2 fully saturated rings. The van der Waals surface area contributed by atoms with Crippen LogP contribution in [0.4, 0.5) is 4.79 Å². The molecular formula is C21H40N2O2. The number of hydrogen-bond donors (Lipinski definition) is 1. The number of hydrogen-bond acceptors (Lipinski definition) is 3. The molecule has 0 radical (unpaired) electrons. The molecular weight excluding hydrogens is 312 g/mol. The lowest BCUT2D eigenvalue weighted by Crippen LogP contribution is -2.49. The van der Waals surface area contributed by atoms with Gasteiger partial charge in [0.25, 0.3) is 0 Å². The van der Waals surface area contributed by atoms with Gasteiger partial charge in [0.2, 0.25) is 0 Å². The first-order valence-corrected chi connectivity index (χ1v) is 10.6. The van der Waals surface area contributed by atoms with Gasteiger partial charge in [0, 0.05) is 19.1 Å². The quantitative estimate of drug-likeness (QED) is 0.733. The standard InChI is InChI=1S/C21H40N2O2/c1-5-6-10-17-11-9-14-23(15-17)16-18-12-7-8-13-19(18)22-20(24)25-21(2,3)4/h17-19H,5-16H2,1-4H3,(H,22,24). The molecule has 3 unspecified atom stereocenters. The lowest BCUT2D eigenvalue weighted by Gasteiger charge is -2.39. The number of carbonyl (C=O) groups excluding carboxylic acids is 1. The lowest BCUT2D eigenvalue weighted by molar-refractivity contribution is 0.0443. The number of nitrogens with one attached hydrogen (secondary N) is 1. The van der Waals surface area contributed by atoms with Gasteiger partial charge in [0.1, 0.15) is 5.60 Å². The summed E-state index contributed by atoms with van der Waals surface area (Å²) in [6.45, 7) is 11.7. The molecule has 0 aromatic heterocycles. The van der Waals surface area contributed by atoms with Crippen molar-refractivity contribution in [2.45, 2.75) is 97.1 Å². The third-order valence-electron chi connectivity index (χ3n) is 5.67. The summed E-state index contributed by atoms with van der Waals surface area (Å²) in [5, 5.41) is 3.17. The van der Waals surface area contributed by atoms with E-state index in [0.717, 1.165) is 18.9 Å². The van der Waals surface area contributed by atoms with Crippen molar-refractivity contribution >= 4 is 6.09 Å². The maximum absolute atomic E-state index is 12.2. The van der Waals surface area contributed by atoms with Crippen LogP contribution in [0, 0.1) is 11.8 Å². The minimum Gasteiger partial charge on any atom is -0.444 e. The highest BCUT2D eigenvalue weighted by molar-refractivity contribution is 5.68. The zero-order chi connectivity index (χ0) is 18.3. The van der Waals surface area contributed by atoms with Crippen LogP contribution < -0.4 is 5.32 Å². The van der Waals surface area contributed by atoms with Gasteiger partial charge in [0.05, 0.1) is 0 Å². The Morgan fingerprint density at radius 3 is 2.64 bits per heavy atom. The van der Waals surface area contributed by atoms with E-state index in [4.69, 9.17) is 4.74 Å². The van der Waals surface area contributed by atoms with Gasteiger partial charge >= 0.3 is 6.09 Å². The molecule has 0 aromatic rings. The zero-order valence-corrected chi connectivity index (χ0v) is 17.0. The van der Waals surface area contributed by atoms with Crippen molar-refractivity contribution in [2.75, 3.05) is 19.6 Å². The van der Waals surface area contributed by atoms with Crippen LogP contribution in [0.25, 0.3) is 0 Å². The molecule has 2 aliphatic rings. The van der Waals surface area contributed by atoms with Gasteiger partial charge < -0.3 is 15.0 Å². The number of ether oxygens (including phenoxy) is 1. The first kappa shape index (κ1) is 20.5. The molecule has 1 aliphatic carbocycles. The summed E-state index contributed by atoms with van der Waals surface area (Å²) in [6, 6.07) is 0.277. The third kappa shape index (κ3) is 7.55. The first-order valence-electron chi connectivity index (χ1n) is 10.6. The fourth-order valence-electron chi connectivity index (χ4n) is 4.45. The first-order chi connectivity index (χ1) is 11.9. The van der Waals surface area contributed by atoms with Gasteiger partial charge in [-0.15, -0.1) is 0 Å². The molecule has 1 aliphatic heterocycles. The highest BCUT2D eigenvalue weighted by Gasteiger charge is 2.31. The van der Waals surface area contributed by atoms with E-state index < -0.39 is 5.60 Å². The van der Waals surface area contributed by atoms with Gasteiger partial charge in [-0.1, -0.05) is 32.6 Å². The molecule has 4 nitrogen and oxygen atoms in total. The molecule has 0 aromatic carbocycles. The van der Waals surface area contributed by atoms with Crippen LogP contribution in [0.5, 0.6) is 0 Å².